The second-order valence-corrected chi connectivity index (χ2v) is 6.55. The van der Waals surface area contributed by atoms with Crippen LogP contribution < -0.4 is 14.2 Å². The van der Waals surface area contributed by atoms with Gasteiger partial charge in [0.25, 0.3) is 0 Å². The lowest BCUT2D eigenvalue weighted by atomic mass is 10.2. The molecular formula is C21H17NO6. The van der Waals surface area contributed by atoms with E-state index in [1.54, 1.807) is 62.4 Å². The Labute approximate surface area is 161 Å². The first-order valence-corrected chi connectivity index (χ1v) is 8.74. The molecule has 28 heavy (non-hydrogen) atoms. The molecule has 0 bridgehead atoms. The van der Waals surface area contributed by atoms with Crippen LogP contribution in [0.5, 0.6) is 17.2 Å². The molecule has 0 radical (unpaired) electrons. The van der Waals surface area contributed by atoms with Gasteiger partial charge in [0.1, 0.15) is 5.75 Å². The van der Waals surface area contributed by atoms with Crippen LogP contribution in [-0.4, -0.2) is 24.6 Å². The average molecular weight is 379 g/mol. The third-order valence-electron chi connectivity index (χ3n) is 4.11. The van der Waals surface area contributed by atoms with E-state index in [-0.39, 0.29) is 30.3 Å². The summed E-state index contributed by atoms with van der Waals surface area (Å²) in [5.74, 6) is 0.824. The van der Waals surface area contributed by atoms with Crippen molar-refractivity contribution in [2.75, 3.05) is 6.79 Å². The molecule has 0 N–H and O–H groups in total. The molecule has 142 valence electrons. The van der Waals surface area contributed by atoms with E-state index in [9.17, 15) is 9.59 Å². The van der Waals surface area contributed by atoms with Crippen LogP contribution in [0, 0.1) is 5.92 Å². The first kappa shape index (κ1) is 17.8. The zero-order valence-corrected chi connectivity index (χ0v) is 15.3. The smallest absolute Gasteiger partial charge is 0.363 e. The monoisotopic (exact) mass is 379 g/mol. The summed E-state index contributed by atoms with van der Waals surface area (Å²) < 4.78 is 21.1. The second-order valence-electron chi connectivity index (χ2n) is 6.55. The molecule has 7 nitrogen and oxygen atoms in total. The maximum atomic E-state index is 12.2. The molecular weight excluding hydrogens is 362 g/mol. The average Bonchev–Trinajstić information content (AvgIpc) is 3.29. The van der Waals surface area contributed by atoms with Gasteiger partial charge in [-0.05, 0) is 42.0 Å². The van der Waals surface area contributed by atoms with Gasteiger partial charge in [-0.25, -0.2) is 9.79 Å². The van der Waals surface area contributed by atoms with Gasteiger partial charge in [0.15, 0.2) is 17.2 Å². The Bertz CT molecular complexity index is 1000. The van der Waals surface area contributed by atoms with Crippen molar-refractivity contribution in [2.45, 2.75) is 13.8 Å². The lowest BCUT2D eigenvalue weighted by molar-refractivity contribution is -0.137. The van der Waals surface area contributed by atoms with E-state index in [2.05, 4.69) is 4.99 Å². The minimum absolute atomic E-state index is 0.165. The Hall–Kier alpha value is -3.61. The van der Waals surface area contributed by atoms with Crippen LogP contribution in [0.4, 0.5) is 0 Å². The van der Waals surface area contributed by atoms with E-state index in [1.807, 2.05) is 0 Å². The van der Waals surface area contributed by atoms with Crippen molar-refractivity contribution in [3.05, 3.63) is 59.3 Å². The van der Waals surface area contributed by atoms with Crippen molar-refractivity contribution in [2.24, 2.45) is 10.9 Å². The number of fused-ring (bicyclic) bond motifs is 1. The van der Waals surface area contributed by atoms with Crippen LogP contribution in [0.2, 0.25) is 0 Å². The van der Waals surface area contributed by atoms with E-state index in [4.69, 9.17) is 18.9 Å². The Morgan fingerprint density at radius 2 is 1.86 bits per heavy atom. The maximum absolute atomic E-state index is 12.2. The molecule has 2 aliphatic rings. The number of cyclic esters (lactones) is 1. The zero-order chi connectivity index (χ0) is 19.7. The molecule has 0 fully saturated rings. The molecule has 2 aliphatic heterocycles. The van der Waals surface area contributed by atoms with Gasteiger partial charge in [-0.15, -0.1) is 0 Å². The van der Waals surface area contributed by atoms with E-state index < -0.39 is 5.97 Å². The Morgan fingerprint density at radius 3 is 2.61 bits per heavy atom. The van der Waals surface area contributed by atoms with Gasteiger partial charge in [0, 0.05) is 5.56 Å². The fraction of sp³-hybridized carbons (Fsp3) is 0.190. The molecule has 0 amide bonds. The molecule has 2 heterocycles. The van der Waals surface area contributed by atoms with Crippen LogP contribution in [0.1, 0.15) is 25.0 Å². The maximum Gasteiger partial charge on any atom is 0.363 e. The number of benzene rings is 2. The molecule has 0 aromatic heterocycles. The Kier molecular flexibility index (Phi) is 4.57. The minimum Gasteiger partial charge on any atom is -0.454 e. The fourth-order valence-electron chi connectivity index (χ4n) is 2.59. The van der Waals surface area contributed by atoms with Crippen molar-refractivity contribution in [1.82, 2.24) is 0 Å². The van der Waals surface area contributed by atoms with Crippen LogP contribution in [0.15, 0.2) is 53.2 Å². The third kappa shape index (κ3) is 3.59. The highest BCUT2D eigenvalue weighted by Crippen LogP contribution is 2.33. The standard InChI is InChI=1S/C21H17NO6/c1-12(2)20(23)27-15-6-3-13(4-7-15)9-16-21(24)28-19(22-16)14-5-8-17-18(10-14)26-11-25-17/h3-10,12H,11H2,1-2H3. The van der Waals surface area contributed by atoms with Crippen molar-refractivity contribution in [3.63, 3.8) is 0 Å². The predicted octanol–water partition coefficient (Wildman–Crippen LogP) is 3.32. The number of aliphatic imine (C=N–C) groups is 1. The summed E-state index contributed by atoms with van der Waals surface area (Å²) in [6, 6.07) is 12.0. The molecule has 2 aromatic carbocycles. The third-order valence-corrected chi connectivity index (χ3v) is 4.11. The van der Waals surface area contributed by atoms with E-state index >= 15 is 0 Å². The van der Waals surface area contributed by atoms with Gasteiger partial charge in [-0.3, -0.25) is 4.79 Å². The highest BCUT2D eigenvalue weighted by Gasteiger charge is 2.26. The predicted molar refractivity (Wildman–Crippen MR) is 100 cm³/mol. The number of hydrogen-bond donors (Lipinski definition) is 0. The van der Waals surface area contributed by atoms with Crippen molar-refractivity contribution >= 4 is 23.9 Å². The van der Waals surface area contributed by atoms with Gasteiger partial charge in [-0.2, -0.15) is 0 Å². The van der Waals surface area contributed by atoms with Crippen LogP contribution in [-0.2, 0) is 14.3 Å². The summed E-state index contributed by atoms with van der Waals surface area (Å²) in [5, 5.41) is 0. The summed E-state index contributed by atoms with van der Waals surface area (Å²) in [7, 11) is 0. The number of rotatable bonds is 4. The van der Waals surface area contributed by atoms with Gasteiger partial charge >= 0.3 is 11.9 Å². The van der Waals surface area contributed by atoms with E-state index in [0.717, 1.165) is 5.56 Å². The largest absolute Gasteiger partial charge is 0.454 e. The van der Waals surface area contributed by atoms with Crippen molar-refractivity contribution < 1.29 is 28.5 Å². The summed E-state index contributed by atoms with van der Waals surface area (Å²) in [6.45, 7) is 3.70. The van der Waals surface area contributed by atoms with Crippen LogP contribution >= 0.6 is 0 Å². The van der Waals surface area contributed by atoms with E-state index in [0.29, 0.717) is 22.8 Å². The molecule has 0 spiro atoms. The van der Waals surface area contributed by atoms with Gasteiger partial charge in [-0.1, -0.05) is 26.0 Å². The quantitative estimate of drug-likeness (QED) is 0.460. The molecule has 0 aliphatic carbocycles. The number of nitrogens with zero attached hydrogens (tertiary/aromatic N) is 1. The number of esters is 2. The molecule has 0 saturated carbocycles. The lowest BCUT2D eigenvalue weighted by Gasteiger charge is -2.06. The summed E-state index contributed by atoms with van der Waals surface area (Å²) in [4.78, 5) is 28.1. The fourth-order valence-corrected chi connectivity index (χ4v) is 2.59. The number of carbonyl (C=O) groups excluding carboxylic acids is 2. The summed E-state index contributed by atoms with van der Waals surface area (Å²) >= 11 is 0. The van der Waals surface area contributed by atoms with Gasteiger partial charge < -0.3 is 18.9 Å². The van der Waals surface area contributed by atoms with Gasteiger partial charge in [0.2, 0.25) is 12.7 Å². The van der Waals surface area contributed by atoms with Gasteiger partial charge in [0.05, 0.1) is 5.92 Å². The molecule has 4 rings (SSSR count). The Morgan fingerprint density at radius 1 is 1.11 bits per heavy atom. The summed E-state index contributed by atoms with van der Waals surface area (Å²) in [6.07, 6.45) is 1.61. The molecule has 0 atom stereocenters. The Balaban J connectivity index is 1.53. The van der Waals surface area contributed by atoms with Crippen molar-refractivity contribution in [1.29, 1.82) is 0 Å². The highest BCUT2D eigenvalue weighted by molar-refractivity contribution is 6.13. The van der Waals surface area contributed by atoms with Crippen LogP contribution in [0.25, 0.3) is 6.08 Å². The molecule has 0 unspecified atom stereocenters. The van der Waals surface area contributed by atoms with Crippen LogP contribution in [0.3, 0.4) is 0 Å². The summed E-state index contributed by atoms with van der Waals surface area (Å²) in [5.41, 5.74) is 1.53. The second kappa shape index (κ2) is 7.19. The first-order chi connectivity index (χ1) is 13.5. The van der Waals surface area contributed by atoms with Crippen molar-refractivity contribution in [3.8, 4) is 17.2 Å². The first-order valence-electron chi connectivity index (χ1n) is 8.74. The normalized spacial score (nSPS) is 16.3. The molecule has 7 heteroatoms. The molecule has 0 saturated heterocycles. The SMILES string of the molecule is CC(C)C(=O)Oc1ccc(C=C2N=C(c3ccc4c(c3)OCO4)OC2=O)cc1. The zero-order valence-electron chi connectivity index (χ0n) is 15.3. The van der Waals surface area contributed by atoms with E-state index in [1.165, 1.54) is 0 Å². The molecule has 2 aromatic rings. The number of carbonyl (C=O) groups is 2. The highest BCUT2D eigenvalue weighted by atomic mass is 16.7. The topological polar surface area (TPSA) is 83.4 Å². The number of ether oxygens (including phenoxy) is 4. The minimum atomic E-state index is -0.539. The lowest BCUT2D eigenvalue weighted by Crippen LogP contribution is -2.14. The number of hydrogen-bond acceptors (Lipinski definition) is 7.